The molecule has 0 aliphatic heterocycles. The Morgan fingerprint density at radius 1 is 1.29 bits per heavy atom. The number of hydrogen-bond donors (Lipinski definition) is 0. The Morgan fingerprint density at radius 3 is 2.53 bits per heavy atom. The molecule has 0 aliphatic rings. The van der Waals surface area contributed by atoms with Crippen LogP contribution in [0.3, 0.4) is 0 Å². The Hall–Kier alpha value is -0.783. The fourth-order valence-corrected chi connectivity index (χ4v) is 2.09. The number of hydrogen-bond acceptors (Lipinski definition) is 0. The smallest absolute Gasteiger partial charge is 0.127 e. The molecule has 0 unspecified atom stereocenters. The molecule has 0 spiro atoms. The van der Waals surface area contributed by atoms with E-state index in [1.807, 2.05) is 0 Å². The molecule has 0 saturated heterocycles. The summed E-state index contributed by atoms with van der Waals surface area (Å²) in [6, 6.07) is 8.40. The van der Waals surface area contributed by atoms with Crippen LogP contribution in [0.1, 0.15) is 17.5 Å². The summed E-state index contributed by atoms with van der Waals surface area (Å²) in [6.07, 6.45) is 1.96. The Bertz CT molecular complexity index is 458. The van der Waals surface area contributed by atoms with Gasteiger partial charge in [-0.2, -0.15) is 0 Å². The molecule has 0 saturated carbocycles. The zero-order valence-corrected chi connectivity index (χ0v) is 13.4. The molecule has 0 amide bonds. The van der Waals surface area contributed by atoms with Crippen molar-refractivity contribution < 1.29 is 0 Å². The molecule has 1 aromatic rings. The maximum absolute atomic E-state index is 3.87. The molecule has 0 aromatic heterocycles. The van der Waals surface area contributed by atoms with Gasteiger partial charge in [-0.05, 0) is 29.0 Å². The van der Waals surface area contributed by atoms with Crippen molar-refractivity contribution in [2.75, 3.05) is 0 Å². The van der Waals surface area contributed by atoms with Crippen LogP contribution in [0.15, 0.2) is 35.3 Å². The number of benzene rings is 1. The van der Waals surface area contributed by atoms with Crippen LogP contribution in [0.2, 0.25) is 19.6 Å². The van der Waals surface area contributed by atoms with Crippen LogP contribution in [0.4, 0.5) is 0 Å². The summed E-state index contributed by atoms with van der Waals surface area (Å²) in [7, 11) is -1.30. The van der Waals surface area contributed by atoms with Crippen LogP contribution in [0.25, 0.3) is 0 Å². The van der Waals surface area contributed by atoms with E-state index < -0.39 is 8.07 Å². The summed E-state index contributed by atoms with van der Waals surface area (Å²) in [6.45, 7) is 10.7. The summed E-state index contributed by atoms with van der Waals surface area (Å²) in [5.74, 6) is 3.34. The molecule has 0 atom stereocenters. The molecule has 2 heteroatoms. The van der Waals surface area contributed by atoms with Gasteiger partial charge >= 0.3 is 0 Å². The van der Waals surface area contributed by atoms with Gasteiger partial charge in [0, 0.05) is 5.56 Å². The highest BCUT2D eigenvalue weighted by molar-refractivity contribution is 9.11. The lowest BCUT2D eigenvalue weighted by Gasteiger charge is -2.06. The van der Waals surface area contributed by atoms with E-state index in [1.165, 1.54) is 11.1 Å². The third-order valence-electron chi connectivity index (χ3n) is 2.26. The van der Waals surface area contributed by atoms with Gasteiger partial charge in [0.2, 0.25) is 0 Å². The second-order valence-corrected chi connectivity index (χ2v) is 11.0. The highest BCUT2D eigenvalue weighted by Gasteiger charge is 2.08. The highest BCUT2D eigenvalue weighted by atomic mass is 79.9. The van der Waals surface area contributed by atoms with Gasteiger partial charge in [0.15, 0.2) is 0 Å². The maximum atomic E-state index is 3.87. The Morgan fingerprint density at radius 2 is 1.94 bits per heavy atom. The molecule has 1 aromatic carbocycles. The number of aryl methyl sites for hydroxylation is 1. The number of rotatable bonds is 3. The van der Waals surface area contributed by atoms with E-state index in [-0.39, 0.29) is 0 Å². The summed E-state index contributed by atoms with van der Waals surface area (Å²) < 4.78 is 1.05. The minimum absolute atomic E-state index is 0.964. The van der Waals surface area contributed by atoms with E-state index in [0.717, 1.165) is 17.3 Å². The predicted molar refractivity (Wildman–Crippen MR) is 83.1 cm³/mol. The lowest BCUT2D eigenvalue weighted by atomic mass is 10.0. The van der Waals surface area contributed by atoms with Gasteiger partial charge in [-0.25, -0.2) is 0 Å². The van der Waals surface area contributed by atoms with Crippen LogP contribution in [-0.4, -0.2) is 8.07 Å². The van der Waals surface area contributed by atoms with E-state index in [4.69, 9.17) is 0 Å². The minimum atomic E-state index is -1.30. The third-order valence-corrected chi connectivity index (χ3v) is 3.53. The highest BCUT2D eigenvalue weighted by Crippen LogP contribution is 2.15. The average Bonchev–Trinajstić information content (AvgIpc) is 2.23. The van der Waals surface area contributed by atoms with Gasteiger partial charge in [0.25, 0.3) is 0 Å². The molecule has 90 valence electrons. The maximum Gasteiger partial charge on any atom is 0.129 e. The van der Waals surface area contributed by atoms with E-state index >= 15 is 0 Å². The van der Waals surface area contributed by atoms with Crippen LogP contribution in [0.5, 0.6) is 0 Å². The van der Waals surface area contributed by atoms with Crippen LogP contribution in [-0.2, 0) is 6.42 Å². The minimum Gasteiger partial charge on any atom is -0.127 e. The van der Waals surface area contributed by atoms with Crippen molar-refractivity contribution in [3.05, 3.63) is 46.5 Å². The molecule has 17 heavy (non-hydrogen) atoms. The standard InChI is InChI=1S/C15H19BrSi/c1-13(16)9-10-14-7-5-6-8-15(14)11-12-17(2,3)4/h5-8H,1,9-10H2,2-4H3. The molecule has 0 N–H and O–H groups in total. The molecule has 0 fully saturated rings. The first-order chi connectivity index (χ1) is 7.88. The average molecular weight is 307 g/mol. The number of allylic oxidation sites excluding steroid dienone is 1. The summed E-state index contributed by atoms with van der Waals surface area (Å²) in [5, 5.41) is 0. The predicted octanol–water partition coefficient (Wildman–Crippen LogP) is 4.76. The zero-order valence-electron chi connectivity index (χ0n) is 10.8. The first kappa shape index (κ1) is 14.3. The van der Waals surface area contributed by atoms with Crippen LogP contribution >= 0.6 is 15.9 Å². The fraction of sp³-hybridized carbons (Fsp3) is 0.333. The lowest BCUT2D eigenvalue weighted by Crippen LogP contribution is -2.16. The van der Waals surface area contributed by atoms with Crippen LogP contribution in [0, 0.1) is 11.5 Å². The van der Waals surface area contributed by atoms with E-state index in [9.17, 15) is 0 Å². The van der Waals surface area contributed by atoms with Gasteiger partial charge < -0.3 is 0 Å². The summed E-state index contributed by atoms with van der Waals surface area (Å²) >= 11 is 3.40. The Kier molecular flexibility index (Phi) is 5.23. The van der Waals surface area contributed by atoms with Gasteiger partial charge in [-0.15, -0.1) is 5.54 Å². The topological polar surface area (TPSA) is 0 Å². The van der Waals surface area contributed by atoms with Crippen molar-refractivity contribution in [2.45, 2.75) is 32.5 Å². The quantitative estimate of drug-likeness (QED) is 0.558. The van der Waals surface area contributed by atoms with Crippen molar-refractivity contribution in [2.24, 2.45) is 0 Å². The lowest BCUT2D eigenvalue weighted by molar-refractivity contribution is 0.991. The van der Waals surface area contributed by atoms with Crippen molar-refractivity contribution in [3.63, 3.8) is 0 Å². The SMILES string of the molecule is C=C(Br)CCc1ccccc1C#C[Si](C)(C)C. The first-order valence-corrected chi connectivity index (χ1v) is 10.1. The second kappa shape index (κ2) is 6.23. The number of halogens is 1. The van der Waals surface area contributed by atoms with E-state index in [1.54, 1.807) is 0 Å². The molecular weight excluding hydrogens is 288 g/mol. The second-order valence-electron chi connectivity index (χ2n) is 5.17. The zero-order chi connectivity index (χ0) is 12.9. The normalized spacial score (nSPS) is 10.6. The van der Waals surface area contributed by atoms with Gasteiger partial charge in [0.1, 0.15) is 8.07 Å². The van der Waals surface area contributed by atoms with Crippen molar-refractivity contribution >= 4 is 24.0 Å². The van der Waals surface area contributed by atoms with Crippen molar-refractivity contribution in [3.8, 4) is 11.5 Å². The van der Waals surface area contributed by atoms with Crippen molar-refractivity contribution in [1.82, 2.24) is 0 Å². The first-order valence-electron chi connectivity index (χ1n) is 5.83. The molecule has 0 radical (unpaired) electrons. The molecule has 0 bridgehead atoms. The van der Waals surface area contributed by atoms with Crippen molar-refractivity contribution in [1.29, 1.82) is 0 Å². The molecule has 0 nitrogen and oxygen atoms in total. The van der Waals surface area contributed by atoms with Gasteiger partial charge in [-0.3, -0.25) is 0 Å². The van der Waals surface area contributed by atoms with E-state index in [0.29, 0.717) is 0 Å². The van der Waals surface area contributed by atoms with Gasteiger partial charge in [-0.1, -0.05) is 66.3 Å². The molecule has 0 aliphatic carbocycles. The fourth-order valence-electron chi connectivity index (χ4n) is 1.39. The Balaban J connectivity index is 2.91. The van der Waals surface area contributed by atoms with Gasteiger partial charge in [0.05, 0.1) is 0 Å². The third kappa shape index (κ3) is 5.91. The monoisotopic (exact) mass is 306 g/mol. The Labute approximate surface area is 114 Å². The largest absolute Gasteiger partial charge is 0.129 e. The molecular formula is C15H19BrSi. The summed E-state index contributed by atoms with van der Waals surface area (Å²) in [4.78, 5) is 0. The summed E-state index contributed by atoms with van der Waals surface area (Å²) in [5.41, 5.74) is 5.91. The van der Waals surface area contributed by atoms with Crippen LogP contribution < -0.4 is 0 Å². The van der Waals surface area contributed by atoms with E-state index in [2.05, 4.69) is 77.9 Å². The molecule has 0 heterocycles. The molecule has 1 rings (SSSR count).